The second-order valence-electron chi connectivity index (χ2n) is 19.3. The minimum Gasteiger partial charge on any atom is -0.391 e. The molecule has 2 fully saturated rings. The van der Waals surface area contributed by atoms with E-state index < -0.39 is 48.2 Å². The third kappa shape index (κ3) is 15.5. The molecule has 6 rings (SSSR count). The number of benzene rings is 2. The van der Waals surface area contributed by atoms with Gasteiger partial charge in [0.2, 0.25) is 23.6 Å². The van der Waals surface area contributed by atoms with Crippen molar-refractivity contribution >= 4 is 79.5 Å². The minimum atomic E-state index is -1.04. The summed E-state index contributed by atoms with van der Waals surface area (Å²) < 4.78 is 0. The number of hydrogen-bond donors (Lipinski definition) is 4. The first-order valence-electron chi connectivity index (χ1n) is 24.3. The predicted molar refractivity (Wildman–Crippen MR) is 280 cm³/mol. The Hall–Kier alpha value is -4.46. The molecule has 2 aliphatic heterocycles. The number of hydrogen-bond acceptors (Lipinski definition) is 14. The zero-order valence-corrected chi connectivity index (χ0v) is 44.3. The van der Waals surface area contributed by atoms with Gasteiger partial charge in [0.1, 0.15) is 12.1 Å². The summed E-state index contributed by atoms with van der Waals surface area (Å²) in [7, 11) is 2.49. The number of thiazole rings is 2. The normalized spacial score (nSPS) is 18.9. The molecule has 4 aromatic rings. The molecular formula is C52H68N6O8S4. The maximum absolute atomic E-state index is 14.4. The Kier molecular flexibility index (Phi) is 20.6. The third-order valence-corrected chi connectivity index (χ3v) is 17.2. The molecule has 378 valence electrons. The summed E-state index contributed by atoms with van der Waals surface area (Å²) in [6.45, 7) is 11.9. The Morgan fingerprint density at radius 3 is 1.31 bits per heavy atom. The maximum atomic E-state index is 14.4. The fraction of sp³-hybridized carbons (Fsp3) is 0.538. The number of nitrogens with one attached hydrogen (secondary N) is 2. The van der Waals surface area contributed by atoms with E-state index in [9.17, 15) is 39.0 Å². The summed E-state index contributed by atoms with van der Waals surface area (Å²) in [4.78, 5) is 96.7. The van der Waals surface area contributed by atoms with Crippen LogP contribution in [0, 0.1) is 25.7 Å². The van der Waals surface area contributed by atoms with Crippen molar-refractivity contribution in [2.75, 3.05) is 24.6 Å². The van der Waals surface area contributed by atoms with Crippen LogP contribution < -0.4 is 10.6 Å². The summed E-state index contributed by atoms with van der Waals surface area (Å²) in [6.07, 6.45) is 1.24. The van der Waals surface area contributed by atoms with E-state index in [-0.39, 0.29) is 98.3 Å². The van der Waals surface area contributed by atoms with Gasteiger partial charge in [0.25, 0.3) is 0 Å². The first-order valence-corrected chi connectivity index (χ1v) is 28.6. The molecule has 0 bridgehead atoms. The van der Waals surface area contributed by atoms with Crippen LogP contribution in [0.15, 0.2) is 59.6 Å². The van der Waals surface area contributed by atoms with Gasteiger partial charge in [-0.2, -0.15) is 0 Å². The molecule has 18 heteroatoms. The van der Waals surface area contributed by atoms with Gasteiger partial charge in [0, 0.05) is 63.1 Å². The van der Waals surface area contributed by atoms with Crippen molar-refractivity contribution in [3.63, 3.8) is 0 Å². The average Bonchev–Trinajstić information content (AvgIpc) is 4.16. The molecule has 4 N–H and O–H groups in total. The molecule has 0 saturated carbocycles. The summed E-state index contributed by atoms with van der Waals surface area (Å²) in [5, 5.41) is 27.4. The number of ketones is 2. The number of rotatable bonds is 25. The summed E-state index contributed by atoms with van der Waals surface area (Å²) in [6, 6.07) is 12.2. The standard InChI is InChI=1S/C52H68N6O8S4/c1-31(2)7-21-47(63)55-41(51(65)57-25-39(59)23-43(57)45(61)19-13-35-9-15-37(16-10-35)49-33(5)53-29-67-49)27-69-70-28-42(56-48(64)22-8-32(3)4)52(66)58-26-40(60)24-44(58)46(62)20-14-36-11-17-38(18-12-36)50-34(6)54-30-68-50/h9-12,15-18,29-32,39-44,59-60H,7-8,13-14,19-28H2,1-6H3,(H,55,63)(H,56,64)/t39-,40+,41+,42-,43+,44-. The Labute approximate surface area is 428 Å². The van der Waals surface area contributed by atoms with E-state index in [4.69, 9.17) is 0 Å². The fourth-order valence-corrected chi connectivity index (χ4v) is 12.7. The molecule has 70 heavy (non-hydrogen) atoms. The molecule has 4 heterocycles. The average molecular weight is 1030 g/mol. The molecule has 4 amide bonds. The van der Waals surface area contributed by atoms with Crippen LogP contribution in [0.3, 0.4) is 0 Å². The van der Waals surface area contributed by atoms with Crippen LogP contribution in [-0.2, 0) is 41.6 Å². The van der Waals surface area contributed by atoms with Crippen LogP contribution in [-0.4, -0.2) is 126 Å². The van der Waals surface area contributed by atoms with Gasteiger partial charge in [-0.25, -0.2) is 9.97 Å². The Balaban J connectivity index is 1.10. The number of aryl methyl sites for hydroxylation is 4. The molecule has 0 unspecified atom stereocenters. The number of likely N-dealkylation sites (tertiary alicyclic amines) is 2. The van der Waals surface area contributed by atoms with Crippen molar-refractivity contribution in [1.82, 2.24) is 30.4 Å². The summed E-state index contributed by atoms with van der Waals surface area (Å²) in [5.41, 5.74) is 9.58. The van der Waals surface area contributed by atoms with Gasteiger partial charge in [-0.3, -0.25) is 28.8 Å². The number of carbonyl (C=O) groups excluding carboxylic acids is 6. The molecule has 0 radical (unpaired) electrons. The van der Waals surface area contributed by atoms with Crippen molar-refractivity contribution in [3.05, 3.63) is 82.1 Å². The highest BCUT2D eigenvalue weighted by Gasteiger charge is 2.43. The van der Waals surface area contributed by atoms with E-state index in [0.29, 0.717) is 25.7 Å². The lowest BCUT2D eigenvalue weighted by molar-refractivity contribution is -0.140. The highest BCUT2D eigenvalue weighted by molar-refractivity contribution is 8.76. The number of aromatic nitrogens is 2. The maximum Gasteiger partial charge on any atom is 0.246 e. The van der Waals surface area contributed by atoms with Gasteiger partial charge in [0.15, 0.2) is 11.6 Å². The zero-order chi connectivity index (χ0) is 50.5. The zero-order valence-electron chi connectivity index (χ0n) is 41.1. The number of Topliss-reactive ketones (excluding diaryl/α,β-unsaturated/α-hetero) is 2. The molecule has 0 spiro atoms. The van der Waals surface area contributed by atoms with Crippen molar-refractivity contribution in [3.8, 4) is 20.9 Å². The van der Waals surface area contributed by atoms with E-state index in [1.807, 2.05) is 101 Å². The SMILES string of the molecule is Cc1ncsc1-c1ccc(CCC(=O)[C@H]2C[C@H](O)CN2C(=O)[C@@H](CSSC[C@H](NC(=O)CCC(C)C)C(=O)N2C[C@H](O)C[C@H]2C(=O)CCc2ccc(-c3scnc3C)cc2)NC(=O)CCC(C)C)cc1. The Bertz CT molecular complexity index is 2240. The van der Waals surface area contributed by atoms with E-state index >= 15 is 0 Å². The molecule has 6 atom stereocenters. The van der Waals surface area contributed by atoms with E-state index in [2.05, 4.69) is 20.6 Å². The topological polar surface area (TPSA) is 199 Å². The first-order chi connectivity index (χ1) is 33.5. The van der Waals surface area contributed by atoms with Crippen molar-refractivity contribution in [2.24, 2.45) is 11.8 Å². The molecule has 0 aliphatic carbocycles. The van der Waals surface area contributed by atoms with E-state index in [1.165, 1.54) is 31.4 Å². The lowest BCUT2D eigenvalue weighted by atomic mass is 10.00. The summed E-state index contributed by atoms with van der Waals surface area (Å²) >= 11 is 3.14. The number of amides is 4. The van der Waals surface area contributed by atoms with Crippen LogP contribution >= 0.6 is 44.3 Å². The third-order valence-electron chi connectivity index (χ3n) is 12.8. The van der Waals surface area contributed by atoms with Crippen molar-refractivity contribution in [1.29, 1.82) is 0 Å². The number of aliphatic hydroxyl groups is 2. The molecule has 2 aliphatic rings. The lowest BCUT2D eigenvalue weighted by Crippen LogP contribution is -2.53. The minimum absolute atomic E-state index is 0.0472. The van der Waals surface area contributed by atoms with Crippen LogP contribution in [0.4, 0.5) is 0 Å². The Morgan fingerprint density at radius 2 is 0.986 bits per heavy atom. The predicted octanol–water partition coefficient (Wildman–Crippen LogP) is 7.40. The Morgan fingerprint density at radius 1 is 0.614 bits per heavy atom. The largest absolute Gasteiger partial charge is 0.391 e. The quantitative estimate of drug-likeness (QED) is 0.0380. The van der Waals surface area contributed by atoms with Crippen LogP contribution in [0.25, 0.3) is 20.9 Å². The summed E-state index contributed by atoms with van der Waals surface area (Å²) in [5.74, 6) is -1.26. The first kappa shape index (κ1) is 54.9. The van der Waals surface area contributed by atoms with Gasteiger partial charge in [-0.15, -0.1) is 22.7 Å². The monoisotopic (exact) mass is 1030 g/mol. The fourth-order valence-electron chi connectivity index (χ4n) is 8.75. The van der Waals surface area contributed by atoms with Gasteiger partial charge < -0.3 is 30.6 Å². The number of carbonyl (C=O) groups is 6. The van der Waals surface area contributed by atoms with E-state index in [1.54, 1.807) is 22.7 Å². The van der Waals surface area contributed by atoms with Crippen LogP contribution in [0.2, 0.25) is 0 Å². The highest BCUT2D eigenvalue weighted by atomic mass is 33.1. The number of β-amino-alcohol motifs (C(OH)–C–C–N with tert-alkyl or cyclic N) is 2. The van der Waals surface area contributed by atoms with Gasteiger partial charge in [-0.1, -0.05) is 97.8 Å². The molecule has 14 nitrogen and oxygen atoms in total. The second kappa shape index (κ2) is 26.3. The smallest absolute Gasteiger partial charge is 0.246 e. The van der Waals surface area contributed by atoms with Gasteiger partial charge in [-0.05, 0) is 73.6 Å². The molecule has 2 aromatic carbocycles. The van der Waals surface area contributed by atoms with Gasteiger partial charge >= 0.3 is 0 Å². The molecule has 2 saturated heterocycles. The van der Waals surface area contributed by atoms with Gasteiger partial charge in [0.05, 0.1) is 56.5 Å². The lowest BCUT2D eigenvalue weighted by Gasteiger charge is -2.29. The van der Waals surface area contributed by atoms with Crippen LogP contribution in [0.5, 0.6) is 0 Å². The van der Waals surface area contributed by atoms with Crippen molar-refractivity contribution < 1.29 is 39.0 Å². The number of nitrogens with zero attached hydrogens (tertiary/aromatic N) is 4. The molecule has 2 aromatic heterocycles. The number of aliphatic hydroxyl groups excluding tert-OH is 2. The second-order valence-corrected chi connectivity index (χ2v) is 23.6. The van der Waals surface area contributed by atoms with E-state index in [0.717, 1.165) is 43.4 Å². The van der Waals surface area contributed by atoms with Crippen molar-refractivity contribution in [2.45, 2.75) is 142 Å². The highest BCUT2D eigenvalue weighted by Crippen LogP contribution is 2.31. The molecular weight excluding hydrogens is 965 g/mol. The van der Waals surface area contributed by atoms with Crippen LogP contribution in [0.1, 0.15) is 102 Å².